The van der Waals surface area contributed by atoms with Gasteiger partial charge in [-0.15, -0.1) is 0 Å². The van der Waals surface area contributed by atoms with Crippen molar-refractivity contribution in [2.24, 2.45) is 0 Å². The average molecular weight is 506 g/mol. The second-order valence-electron chi connectivity index (χ2n) is 6.72. The lowest BCUT2D eigenvalue weighted by atomic mass is 10.3. The number of aromatic nitrogens is 3. The van der Waals surface area contributed by atoms with Crippen molar-refractivity contribution >= 4 is 55.7 Å². The minimum absolute atomic E-state index is 0.106. The van der Waals surface area contributed by atoms with Gasteiger partial charge in [0.1, 0.15) is 0 Å². The molecule has 1 aliphatic rings. The van der Waals surface area contributed by atoms with Crippen LogP contribution >= 0.6 is 11.9 Å². The molecule has 0 radical (unpaired) electrons. The number of anilines is 4. The summed E-state index contributed by atoms with van der Waals surface area (Å²) in [6.45, 7) is 2.86. The molecule has 0 bridgehead atoms. The summed E-state index contributed by atoms with van der Waals surface area (Å²) < 4.78 is 64.6. The van der Waals surface area contributed by atoms with E-state index in [1.807, 2.05) is 11.2 Å². The van der Waals surface area contributed by atoms with Gasteiger partial charge in [-0.1, -0.05) is 11.9 Å². The van der Waals surface area contributed by atoms with Gasteiger partial charge in [-0.25, -0.2) is 4.31 Å². The minimum Gasteiger partial charge on any atom is -0.353 e. The molecule has 2 heterocycles. The van der Waals surface area contributed by atoms with Crippen LogP contribution in [0.2, 0.25) is 0 Å². The molecule has 16 heteroatoms. The fourth-order valence-corrected chi connectivity index (χ4v) is 4.21. The van der Waals surface area contributed by atoms with Gasteiger partial charge in [0, 0.05) is 38.4 Å². The largest absolute Gasteiger partial charge is 0.353 e. The van der Waals surface area contributed by atoms with Gasteiger partial charge in [0.15, 0.2) is 0 Å². The molecule has 0 saturated carbocycles. The van der Waals surface area contributed by atoms with Crippen LogP contribution in [0.15, 0.2) is 29.2 Å². The molecular formula is C16H23N7O6S3. The zero-order valence-corrected chi connectivity index (χ0v) is 19.5. The Hall–Kier alpha value is -2.24. The zero-order chi connectivity index (χ0) is 23.4. The Bertz CT molecular complexity index is 1140. The lowest BCUT2D eigenvalue weighted by Gasteiger charge is -2.33. The second-order valence-corrected chi connectivity index (χ2v) is 10.6. The van der Waals surface area contributed by atoms with E-state index in [-0.39, 0.29) is 23.3 Å². The lowest BCUT2D eigenvalue weighted by Crippen LogP contribution is -2.44. The molecular weight excluding hydrogens is 482 g/mol. The maximum atomic E-state index is 11.2. The van der Waals surface area contributed by atoms with E-state index in [4.69, 9.17) is 9.11 Å². The van der Waals surface area contributed by atoms with Crippen molar-refractivity contribution in [1.82, 2.24) is 19.3 Å². The highest BCUT2D eigenvalue weighted by Crippen LogP contribution is 2.21. The highest BCUT2D eigenvalue weighted by Gasteiger charge is 2.20. The number of hydrogen-bond donors (Lipinski definition) is 4. The van der Waals surface area contributed by atoms with E-state index in [9.17, 15) is 16.8 Å². The Labute approximate surface area is 190 Å². The standard InChI is InChI=1S/C16H23N7O6S3/c1-30-23-9-7-22(8-10-23)16-20-14(17-6-11-31(24,25)26)19-15(21-16)18-12-2-4-13(5-3-12)32(27,28)29/h2-5H,6-11H2,1H3,(H,24,25,26)(H,27,28,29)(H2,17,18,19,20,21). The van der Waals surface area contributed by atoms with Gasteiger partial charge < -0.3 is 15.5 Å². The molecule has 4 N–H and O–H groups in total. The highest BCUT2D eigenvalue weighted by atomic mass is 32.2. The molecule has 32 heavy (non-hydrogen) atoms. The van der Waals surface area contributed by atoms with Gasteiger partial charge in [-0.05, 0) is 30.5 Å². The van der Waals surface area contributed by atoms with Crippen molar-refractivity contribution in [3.8, 4) is 0 Å². The molecule has 1 aromatic heterocycles. The van der Waals surface area contributed by atoms with Crippen LogP contribution < -0.4 is 15.5 Å². The quantitative estimate of drug-likeness (QED) is 0.274. The molecule has 1 saturated heterocycles. The second kappa shape index (κ2) is 10.1. The summed E-state index contributed by atoms with van der Waals surface area (Å²) in [5, 5.41) is 5.70. The molecule has 1 aromatic carbocycles. The van der Waals surface area contributed by atoms with Crippen LogP contribution in [0.4, 0.5) is 23.5 Å². The van der Waals surface area contributed by atoms with Crippen LogP contribution in [0.25, 0.3) is 0 Å². The topological polar surface area (TPSA) is 178 Å². The van der Waals surface area contributed by atoms with Gasteiger partial charge in [0.2, 0.25) is 17.8 Å². The Morgan fingerprint density at radius 3 is 2.16 bits per heavy atom. The highest BCUT2D eigenvalue weighted by molar-refractivity contribution is 7.96. The molecule has 0 aliphatic carbocycles. The van der Waals surface area contributed by atoms with Crippen molar-refractivity contribution < 1.29 is 25.9 Å². The zero-order valence-electron chi connectivity index (χ0n) is 17.0. The van der Waals surface area contributed by atoms with Crippen LogP contribution in [-0.4, -0.2) is 89.9 Å². The molecule has 3 rings (SSSR count). The van der Waals surface area contributed by atoms with Crippen molar-refractivity contribution in [3.63, 3.8) is 0 Å². The van der Waals surface area contributed by atoms with E-state index in [2.05, 4.69) is 29.9 Å². The van der Waals surface area contributed by atoms with Gasteiger partial charge in [0.05, 0.1) is 10.6 Å². The monoisotopic (exact) mass is 505 g/mol. The lowest BCUT2D eigenvalue weighted by molar-refractivity contribution is 0.427. The number of hydrogen-bond acceptors (Lipinski definition) is 12. The first kappa shape index (κ1) is 24.4. The van der Waals surface area contributed by atoms with Gasteiger partial charge >= 0.3 is 0 Å². The van der Waals surface area contributed by atoms with Crippen LogP contribution in [-0.2, 0) is 20.2 Å². The van der Waals surface area contributed by atoms with E-state index in [1.165, 1.54) is 24.3 Å². The molecule has 0 atom stereocenters. The SMILES string of the molecule is CSN1CCN(c2nc(NCCS(=O)(=O)O)nc(Nc3ccc(S(=O)(=O)O)cc3)n2)CC1. The summed E-state index contributed by atoms with van der Waals surface area (Å²) in [6.07, 6.45) is 2.01. The Morgan fingerprint density at radius 2 is 1.59 bits per heavy atom. The summed E-state index contributed by atoms with van der Waals surface area (Å²) in [5.74, 6) is 0.131. The first-order chi connectivity index (χ1) is 15.0. The van der Waals surface area contributed by atoms with Crippen LogP contribution in [0.5, 0.6) is 0 Å². The molecule has 13 nitrogen and oxygen atoms in total. The molecule has 0 spiro atoms. The summed E-state index contributed by atoms with van der Waals surface area (Å²) >= 11 is 1.65. The summed E-state index contributed by atoms with van der Waals surface area (Å²) in [6, 6.07) is 5.34. The molecule has 176 valence electrons. The molecule has 2 aromatic rings. The molecule has 0 amide bonds. The number of benzene rings is 1. The van der Waals surface area contributed by atoms with E-state index in [1.54, 1.807) is 11.9 Å². The Morgan fingerprint density at radius 1 is 0.969 bits per heavy atom. The normalized spacial score (nSPS) is 15.5. The third-order valence-corrected chi connectivity index (χ3v) is 6.92. The third kappa shape index (κ3) is 7.14. The predicted molar refractivity (Wildman–Crippen MR) is 122 cm³/mol. The fraction of sp³-hybridized carbons (Fsp3) is 0.438. The van der Waals surface area contributed by atoms with Gasteiger partial charge in [-0.3, -0.25) is 9.11 Å². The third-order valence-electron chi connectivity index (χ3n) is 4.45. The molecule has 0 unspecified atom stereocenters. The number of rotatable bonds is 9. The smallest absolute Gasteiger partial charge is 0.294 e. The molecule has 1 aliphatic heterocycles. The van der Waals surface area contributed by atoms with Crippen LogP contribution in [0, 0.1) is 0 Å². The van der Waals surface area contributed by atoms with E-state index in [0.717, 1.165) is 13.1 Å². The van der Waals surface area contributed by atoms with Crippen molar-refractivity contribution in [2.45, 2.75) is 4.90 Å². The predicted octanol–water partition coefficient (Wildman–Crippen LogP) is 0.562. The maximum absolute atomic E-state index is 11.2. The van der Waals surface area contributed by atoms with E-state index >= 15 is 0 Å². The van der Waals surface area contributed by atoms with Crippen molar-refractivity contribution in [3.05, 3.63) is 24.3 Å². The first-order valence-electron chi connectivity index (χ1n) is 9.37. The Balaban J connectivity index is 1.82. The molecule has 1 fully saturated rings. The number of nitrogens with one attached hydrogen (secondary N) is 2. The van der Waals surface area contributed by atoms with E-state index in [0.29, 0.717) is 24.7 Å². The van der Waals surface area contributed by atoms with Crippen molar-refractivity contribution in [1.29, 1.82) is 0 Å². The number of piperazine rings is 1. The summed E-state index contributed by atoms with van der Waals surface area (Å²) in [4.78, 5) is 14.7. The van der Waals surface area contributed by atoms with Crippen molar-refractivity contribution in [2.75, 3.05) is 60.3 Å². The summed E-state index contributed by atoms with van der Waals surface area (Å²) in [7, 11) is -8.46. The average Bonchev–Trinajstić information content (AvgIpc) is 2.72. The fourth-order valence-electron chi connectivity index (χ4n) is 2.84. The summed E-state index contributed by atoms with van der Waals surface area (Å²) in [5.41, 5.74) is 0.464. The minimum atomic E-state index is -4.31. The maximum Gasteiger partial charge on any atom is 0.294 e. The van der Waals surface area contributed by atoms with Crippen LogP contribution in [0.1, 0.15) is 0 Å². The first-order valence-corrected chi connectivity index (χ1v) is 13.6. The number of nitrogens with zero attached hydrogens (tertiary/aromatic N) is 5. The van der Waals surface area contributed by atoms with Gasteiger partial charge in [-0.2, -0.15) is 31.8 Å². The van der Waals surface area contributed by atoms with Gasteiger partial charge in [0.25, 0.3) is 20.2 Å². The van der Waals surface area contributed by atoms with Crippen LogP contribution in [0.3, 0.4) is 0 Å². The Kier molecular flexibility index (Phi) is 7.73. The van der Waals surface area contributed by atoms with E-state index < -0.39 is 26.0 Å².